The molecule has 0 heterocycles. The van der Waals surface area contributed by atoms with Crippen LogP contribution in [0.5, 0.6) is 17.2 Å². The highest BCUT2D eigenvalue weighted by atomic mass is 16.5. The molecule has 0 saturated heterocycles. The zero-order valence-electron chi connectivity index (χ0n) is 11.2. The molecule has 1 aliphatic rings. The Morgan fingerprint density at radius 1 is 1.26 bits per heavy atom. The predicted octanol–water partition coefficient (Wildman–Crippen LogP) is 3.18. The standard InChI is InChI=1S/C15H20O4/c1-10-13(17)7-14(18)12(8-16)15(10)19-9-11-5-3-2-4-6-11/h7-8,11,17-18H,2-6,9H2,1H3. The Hall–Kier alpha value is -1.71. The van der Waals surface area contributed by atoms with E-state index in [1.54, 1.807) is 6.92 Å². The molecular weight excluding hydrogens is 244 g/mol. The molecule has 2 rings (SSSR count). The van der Waals surface area contributed by atoms with Crippen LogP contribution in [0.1, 0.15) is 48.0 Å². The van der Waals surface area contributed by atoms with Crippen LogP contribution < -0.4 is 4.74 Å². The lowest BCUT2D eigenvalue weighted by Crippen LogP contribution is -2.16. The number of aldehydes is 1. The molecular formula is C15H20O4. The van der Waals surface area contributed by atoms with E-state index in [4.69, 9.17) is 4.74 Å². The van der Waals surface area contributed by atoms with Gasteiger partial charge in [-0.2, -0.15) is 0 Å². The summed E-state index contributed by atoms with van der Waals surface area (Å²) in [6.07, 6.45) is 6.57. The van der Waals surface area contributed by atoms with Crippen molar-refractivity contribution < 1.29 is 19.7 Å². The molecule has 0 unspecified atom stereocenters. The summed E-state index contributed by atoms with van der Waals surface area (Å²) >= 11 is 0. The quantitative estimate of drug-likeness (QED) is 0.820. The Bertz CT molecular complexity index is 462. The van der Waals surface area contributed by atoms with Crippen molar-refractivity contribution in [2.24, 2.45) is 5.92 Å². The number of phenols is 2. The smallest absolute Gasteiger partial charge is 0.157 e. The monoisotopic (exact) mass is 264 g/mol. The number of benzene rings is 1. The highest BCUT2D eigenvalue weighted by Gasteiger charge is 2.19. The molecule has 2 N–H and O–H groups in total. The Labute approximate surface area is 113 Å². The Morgan fingerprint density at radius 3 is 2.58 bits per heavy atom. The minimum Gasteiger partial charge on any atom is -0.507 e. The van der Waals surface area contributed by atoms with E-state index < -0.39 is 0 Å². The lowest BCUT2D eigenvalue weighted by molar-refractivity contribution is 0.111. The van der Waals surface area contributed by atoms with Gasteiger partial charge in [0.1, 0.15) is 17.2 Å². The first-order chi connectivity index (χ1) is 9.13. The minimum atomic E-state index is -0.239. The number of carbonyl (C=O) groups is 1. The van der Waals surface area contributed by atoms with Crippen molar-refractivity contribution in [1.29, 1.82) is 0 Å². The number of aromatic hydroxyl groups is 2. The van der Waals surface area contributed by atoms with Gasteiger partial charge >= 0.3 is 0 Å². The molecule has 0 atom stereocenters. The van der Waals surface area contributed by atoms with Gasteiger partial charge < -0.3 is 14.9 Å². The third kappa shape index (κ3) is 3.00. The van der Waals surface area contributed by atoms with Crippen LogP contribution in [0.4, 0.5) is 0 Å². The molecule has 1 fully saturated rings. The van der Waals surface area contributed by atoms with Crippen molar-refractivity contribution in [3.63, 3.8) is 0 Å². The van der Waals surface area contributed by atoms with Crippen LogP contribution in [0.25, 0.3) is 0 Å². The first-order valence-electron chi connectivity index (χ1n) is 6.77. The van der Waals surface area contributed by atoms with Crippen LogP contribution in [0.15, 0.2) is 6.07 Å². The van der Waals surface area contributed by atoms with E-state index in [1.165, 1.54) is 25.3 Å². The second kappa shape index (κ2) is 5.95. The second-order valence-electron chi connectivity index (χ2n) is 5.22. The fourth-order valence-corrected chi connectivity index (χ4v) is 2.61. The fraction of sp³-hybridized carbons (Fsp3) is 0.533. The molecule has 104 valence electrons. The lowest BCUT2D eigenvalue weighted by atomic mass is 9.90. The highest BCUT2D eigenvalue weighted by Crippen LogP contribution is 2.37. The van der Waals surface area contributed by atoms with Crippen molar-refractivity contribution in [2.45, 2.75) is 39.0 Å². The second-order valence-corrected chi connectivity index (χ2v) is 5.22. The molecule has 4 heteroatoms. The zero-order valence-corrected chi connectivity index (χ0v) is 11.2. The molecule has 0 aromatic heterocycles. The van der Waals surface area contributed by atoms with E-state index >= 15 is 0 Å². The van der Waals surface area contributed by atoms with Crippen LogP contribution in [0, 0.1) is 12.8 Å². The van der Waals surface area contributed by atoms with Crippen molar-refractivity contribution >= 4 is 6.29 Å². The van der Waals surface area contributed by atoms with Crippen LogP contribution in [0.3, 0.4) is 0 Å². The molecule has 1 aromatic carbocycles. The van der Waals surface area contributed by atoms with E-state index in [9.17, 15) is 15.0 Å². The van der Waals surface area contributed by atoms with Crippen LogP contribution in [-0.4, -0.2) is 23.1 Å². The van der Waals surface area contributed by atoms with Crippen LogP contribution in [0.2, 0.25) is 0 Å². The number of rotatable bonds is 4. The van der Waals surface area contributed by atoms with Gasteiger partial charge in [-0.05, 0) is 25.7 Å². The number of hydrogen-bond acceptors (Lipinski definition) is 4. The summed E-state index contributed by atoms with van der Waals surface area (Å²) in [5, 5.41) is 19.3. The van der Waals surface area contributed by atoms with Gasteiger partial charge in [-0.25, -0.2) is 0 Å². The lowest BCUT2D eigenvalue weighted by Gasteiger charge is -2.23. The van der Waals surface area contributed by atoms with Gasteiger partial charge in [0, 0.05) is 11.6 Å². The number of hydrogen-bond donors (Lipinski definition) is 2. The molecule has 0 radical (unpaired) electrons. The number of ether oxygens (including phenoxy) is 1. The van der Waals surface area contributed by atoms with Crippen molar-refractivity contribution in [3.8, 4) is 17.2 Å². The molecule has 1 aliphatic carbocycles. The zero-order chi connectivity index (χ0) is 13.8. The average molecular weight is 264 g/mol. The number of carbonyl (C=O) groups excluding carboxylic acids is 1. The summed E-state index contributed by atoms with van der Waals surface area (Å²) in [6, 6.07) is 1.17. The van der Waals surface area contributed by atoms with Crippen LogP contribution >= 0.6 is 0 Å². The maximum absolute atomic E-state index is 11.0. The molecule has 0 spiro atoms. The van der Waals surface area contributed by atoms with E-state index in [0.717, 1.165) is 12.8 Å². The van der Waals surface area contributed by atoms with E-state index in [0.29, 0.717) is 30.1 Å². The van der Waals surface area contributed by atoms with Gasteiger partial charge in [0.25, 0.3) is 0 Å². The molecule has 4 nitrogen and oxygen atoms in total. The van der Waals surface area contributed by atoms with Gasteiger partial charge in [-0.1, -0.05) is 19.3 Å². The third-order valence-electron chi connectivity index (χ3n) is 3.82. The van der Waals surface area contributed by atoms with E-state index in [1.807, 2.05) is 0 Å². The summed E-state index contributed by atoms with van der Waals surface area (Å²) in [5.74, 6) is 0.508. The largest absolute Gasteiger partial charge is 0.507 e. The van der Waals surface area contributed by atoms with Crippen LogP contribution in [-0.2, 0) is 0 Å². The summed E-state index contributed by atoms with van der Waals surface area (Å²) in [5.41, 5.74) is 0.613. The Balaban J connectivity index is 2.16. The summed E-state index contributed by atoms with van der Waals surface area (Å²) in [4.78, 5) is 11.0. The Kier molecular flexibility index (Phi) is 4.30. The number of phenolic OH excluding ortho intramolecular Hbond substituents is 2. The summed E-state index contributed by atoms with van der Waals surface area (Å²) in [7, 11) is 0. The predicted molar refractivity (Wildman–Crippen MR) is 72.0 cm³/mol. The topological polar surface area (TPSA) is 66.8 Å². The Morgan fingerprint density at radius 2 is 1.95 bits per heavy atom. The van der Waals surface area contributed by atoms with Gasteiger partial charge in [0.05, 0.1) is 12.2 Å². The van der Waals surface area contributed by atoms with E-state index in [2.05, 4.69) is 0 Å². The average Bonchev–Trinajstić information content (AvgIpc) is 2.42. The van der Waals surface area contributed by atoms with Gasteiger partial charge in [0.2, 0.25) is 0 Å². The fourth-order valence-electron chi connectivity index (χ4n) is 2.61. The van der Waals surface area contributed by atoms with Gasteiger partial charge in [0.15, 0.2) is 6.29 Å². The van der Waals surface area contributed by atoms with Gasteiger partial charge in [-0.3, -0.25) is 4.79 Å². The molecule has 1 saturated carbocycles. The van der Waals surface area contributed by atoms with Crippen molar-refractivity contribution in [3.05, 3.63) is 17.2 Å². The summed E-state index contributed by atoms with van der Waals surface area (Å²) < 4.78 is 5.71. The van der Waals surface area contributed by atoms with E-state index in [-0.39, 0.29) is 17.1 Å². The highest BCUT2D eigenvalue weighted by molar-refractivity contribution is 5.85. The third-order valence-corrected chi connectivity index (χ3v) is 3.82. The van der Waals surface area contributed by atoms with Crippen molar-refractivity contribution in [2.75, 3.05) is 6.61 Å². The molecule has 19 heavy (non-hydrogen) atoms. The normalized spacial score (nSPS) is 16.3. The summed E-state index contributed by atoms with van der Waals surface area (Å²) in [6.45, 7) is 2.21. The maximum Gasteiger partial charge on any atom is 0.157 e. The SMILES string of the molecule is Cc1c(O)cc(O)c(C=O)c1OCC1CCCCC1. The maximum atomic E-state index is 11.0. The molecule has 0 amide bonds. The first kappa shape index (κ1) is 13.7. The molecule has 0 bridgehead atoms. The minimum absolute atomic E-state index is 0.0539. The molecule has 1 aromatic rings. The van der Waals surface area contributed by atoms with Gasteiger partial charge in [-0.15, -0.1) is 0 Å². The first-order valence-corrected chi connectivity index (χ1v) is 6.77. The van der Waals surface area contributed by atoms with Crippen molar-refractivity contribution in [1.82, 2.24) is 0 Å². The molecule has 0 aliphatic heterocycles.